The second-order valence-electron chi connectivity index (χ2n) is 7.58. The minimum Gasteiger partial charge on any atom is -0.385 e. The maximum absolute atomic E-state index is 13.7. The van der Waals surface area contributed by atoms with Crippen LogP contribution >= 0.6 is 0 Å². The number of allylic oxidation sites excluding steroid dienone is 4. The van der Waals surface area contributed by atoms with Gasteiger partial charge in [0, 0.05) is 18.0 Å². The summed E-state index contributed by atoms with van der Waals surface area (Å²) in [7, 11) is 0. The highest BCUT2D eigenvalue weighted by molar-refractivity contribution is 5.84. The first-order valence-electron chi connectivity index (χ1n) is 9.42. The van der Waals surface area contributed by atoms with Crippen LogP contribution in [0, 0.1) is 22.6 Å². The third-order valence-electron chi connectivity index (χ3n) is 5.73. The molecule has 2 heterocycles. The predicted octanol–water partition coefficient (Wildman–Crippen LogP) is 3.34. The molecule has 27 heavy (non-hydrogen) atoms. The lowest BCUT2D eigenvalue weighted by Gasteiger charge is -2.40. The van der Waals surface area contributed by atoms with Crippen LogP contribution in [0.3, 0.4) is 0 Å². The maximum Gasteiger partial charge on any atom is 0.140 e. The molecule has 0 bridgehead atoms. The van der Waals surface area contributed by atoms with Gasteiger partial charge >= 0.3 is 0 Å². The van der Waals surface area contributed by atoms with Gasteiger partial charge in [0.25, 0.3) is 0 Å². The van der Waals surface area contributed by atoms with Gasteiger partial charge in [0.2, 0.25) is 0 Å². The Bertz CT molecular complexity index is 913. The quantitative estimate of drug-likeness (QED) is 0.867. The van der Waals surface area contributed by atoms with Crippen molar-refractivity contribution in [3.63, 3.8) is 0 Å². The number of rotatable bonds is 3. The zero-order valence-corrected chi connectivity index (χ0v) is 15.4. The van der Waals surface area contributed by atoms with Gasteiger partial charge < -0.3 is 10.6 Å². The van der Waals surface area contributed by atoms with E-state index >= 15 is 0 Å². The first-order chi connectivity index (χ1) is 13.1. The van der Waals surface area contributed by atoms with Crippen molar-refractivity contribution in [1.29, 1.82) is 5.26 Å². The Kier molecular flexibility index (Phi) is 4.67. The van der Waals surface area contributed by atoms with E-state index in [1.165, 1.54) is 11.6 Å². The zero-order chi connectivity index (χ0) is 18.9. The molecule has 5 heteroatoms. The van der Waals surface area contributed by atoms with E-state index in [-0.39, 0.29) is 11.0 Å². The highest BCUT2D eigenvalue weighted by Crippen LogP contribution is 2.43. The van der Waals surface area contributed by atoms with Gasteiger partial charge in [-0.1, -0.05) is 12.1 Å². The maximum atomic E-state index is 13.7. The van der Waals surface area contributed by atoms with Crippen LogP contribution in [0.4, 0.5) is 4.39 Å². The summed E-state index contributed by atoms with van der Waals surface area (Å²) in [6.07, 6.45) is 10.4. The molecular formula is C22H23FN4. The third kappa shape index (κ3) is 3.33. The molecule has 1 fully saturated rings. The first kappa shape index (κ1) is 17.7. The smallest absolute Gasteiger partial charge is 0.140 e. The van der Waals surface area contributed by atoms with Crippen molar-refractivity contribution in [3.05, 3.63) is 64.6 Å². The molecule has 4 nitrogen and oxygen atoms in total. The number of hydrogen-bond donors (Lipinski definition) is 2. The summed E-state index contributed by atoms with van der Waals surface area (Å²) in [5, 5.41) is 16.3. The molecule has 1 unspecified atom stereocenters. The number of dihydropyridines is 1. The summed E-state index contributed by atoms with van der Waals surface area (Å²) in [6, 6.07) is 7.10. The van der Waals surface area contributed by atoms with E-state index in [0.29, 0.717) is 12.6 Å². The molecule has 1 saturated heterocycles. The average molecular weight is 362 g/mol. The fourth-order valence-corrected chi connectivity index (χ4v) is 3.96. The second kappa shape index (κ2) is 7.13. The van der Waals surface area contributed by atoms with Crippen molar-refractivity contribution < 1.29 is 4.39 Å². The number of piperidine rings is 1. The Balaban J connectivity index is 1.74. The van der Waals surface area contributed by atoms with Gasteiger partial charge in [-0.15, -0.1) is 0 Å². The molecule has 0 saturated carbocycles. The second-order valence-corrected chi connectivity index (χ2v) is 7.58. The number of nitrogens with zero attached hydrogens (tertiary/aromatic N) is 2. The van der Waals surface area contributed by atoms with Crippen LogP contribution in [0.25, 0.3) is 5.57 Å². The number of halogens is 1. The van der Waals surface area contributed by atoms with E-state index < -0.39 is 5.82 Å². The Morgan fingerprint density at radius 2 is 2.11 bits per heavy atom. The van der Waals surface area contributed by atoms with E-state index in [9.17, 15) is 4.39 Å². The largest absolute Gasteiger partial charge is 0.385 e. The van der Waals surface area contributed by atoms with Crippen LogP contribution < -0.4 is 10.6 Å². The summed E-state index contributed by atoms with van der Waals surface area (Å²) < 4.78 is 13.7. The Morgan fingerprint density at radius 3 is 2.89 bits per heavy atom. The van der Waals surface area contributed by atoms with Crippen LogP contribution in [0.1, 0.15) is 30.9 Å². The predicted molar refractivity (Wildman–Crippen MR) is 106 cm³/mol. The molecule has 1 aromatic rings. The number of aliphatic imine (C=N–C) groups is 1. The van der Waals surface area contributed by atoms with Crippen LogP contribution in [-0.2, 0) is 0 Å². The van der Waals surface area contributed by atoms with E-state index in [1.54, 1.807) is 12.1 Å². The number of nitriles is 1. The van der Waals surface area contributed by atoms with Crippen LogP contribution in [0.2, 0.25) is 0 Å². The van der Waals surface area contributed by atoms with Gasteiger partial charge in [0.15, 0.2) is 0 Å². The lowest BCUT2D eigenvalue weighted by molar-refractivity contribution is 0.368. The summed E-state index contributed by atoms with van der Waals surface area (Å²) in [5.74, 6) is -0.483. The number of hydrogen-bond acceptors (Lipinski definition) is 4. The summed E-state index contributed by atoms with van der Waals surface area (Å²) in [4.78, 5) is 4.50. The fourth-order valence-electron chi connectivity index (χ4n) is 3.96. The van der Waals surface area contributed by atoms with Gasteiger partial charge in [-0.05, 0) is 73.8 Å². The van der Waals surface area contributed by atoms with E-state index in [1.807, 2.05) is 12.3 Å². The van der Waals surface area contributed by atoms with Crippen molar-refractivity contribution >= 4 is 11.8 Å². The molecule has 1 aliphatic carbocycles. The van der Waals surface area contributed by atoms with Crippen molar-refractivity contribution in [2.24, 2.45) is 10.4 Å². The molecular weight excluding hydrogens is 339 g/mol. The monoisotopic (exact) mass is 362 g/mol. The normalized spacial score (nSPS) is 25.0. The van der Waals surface area contributed by atoms with Crippen molar-refractivity contribution in [3.8, 4) is 6.07 Å². The number of nitrogens with one attached hydrogen (secondary N) is 2. The summed E-state index contributed by atoms with van der Waals surface area (Å²) in [5.41, 5.74) is 4.07. The average Bonchev–Trinajstić information content (AvgIpc) is 2.69. The molecule has 0 radical (unpaired) electrons. The van der Waals surface area contributed by atoms with E-state index in [0.717, 1.165) is 42.8 Å². The number of benzene rings is 1. The molecule has 0 aromatic heterocycles. The topological polar surface area (TPSA) is 60.2 Å². The Hall–Kier alpha value is -2.71. The first-order valence-corrected chi connectivity index (χ1v) is 9.42. The van der Waals surface area contributed by atoms with Crippen molar-refractivity contribution in [1.82, 2.24) is 10.6 Å². The van der Waals surface area contributed by atoms with Gasteiger partial charge in [-0.25, -0.2) is 4.39 Å². The molecule has 0 amide bonds. The minimum atomic E-state index is -0.483. The molecule has 0 spiro atoms. The van der Waals surface area contributed by atoms with Gasteiger partial charge in [0.05, 0.1) is 17.5 Å². The van der Waals surface area contributed by atoms with E-state index in [2.05, 4.69) is 40.8 Å². The molecule has 2 N–H and O–H groups in total. The fraction of sp³-hybridized carbons (Fsp3) is 0.364. The summed E-state index contributed by atoms with van der Waals surface area (Å²) >= 11 is 0. The highest BCUT2D eigenvalue weighted by atomic mass is 19.1. The van der Waals surface area contributed by atoms with Gasteiger partial charge in [-0.2, -0.15) is 5.26 Å². The highest BCUT2D eigenvalue weighted by Gasteiger charge is 2.37. The number of fused-ring (bicyclic) bond motifs is 1. The molecule has 1 atom stereocenters. The Labute approximate surface area is 159 Å². The van der Waals surface area contributed by atoms with Crippen molar-refractivity contribution in [2.45, 2.75) is 25.8 Å². The lowest BCUT2D eigenvalue weighted by atomic mass is 9.72. The third-order valence-corrected chi connectivity index (χ3v) is 5.73. The Morgan fingerprint density at radius 1 is 1.30 bits per heavy atom. The minimum absolute atomic E-state index is 0.0715. The van der Waals surface area contributed by atoms with Gasteiger partial charge in [0.1, 0.15) is 11.9 Å². The standard InChI is InChI=1S/C22H23FN4/c1-22-14-26-7-4-18(22)11-16(15-2-3-20(23)17(10-15)13-24)12-21(22)27-19-5-8-25-9-6-19/h2-4,7,10-12,19,25,27H,5-6,8-9,14H2,1H3. The molecule has 1 aromatic carbocycles. The van der Waals surface area contributed by atoms with Crippen molar-refractivity contribution in [2.75, 3.05) is 19.6 Å². The van der Waals surface area contributed by atoms with Gasteiger partial charge in [-0.3, -0.25) is 4.99 Å². The molecule has 3 aliphatic rings. The van der Waals surface area contributed by atoms with Crippen LogP contribution in [-0.4, -0.2) is 31.9 Å². The van der Waals surface area contributed by atoms with Crippen LogP contribution in [0.5, 0.6) is 0 Å². The SMILES string of the molecule is CC12CN=CC=C1C=C(c1ccc(F)c(C#N)c1)C=C2NC1CCNCC1. The molecule has 138 valence electrons. The molecule has 4 rings (SSSR count). The van der Waals surface area contributed by atoms with Crippen LogP contribution in [0.15, 0.2) is 52.7 Å². The molecule has 2 aliphatic heterocycles. The zero-order valence-electron chi connectivity index (χ0n) is 15.4. The lowest BCUT2D eigenvalue weighted by Crippen LogP contribution is -2.45. The summed E-state index contributed by atoms with van der Waals surface area (Å²) in [6.45, 7) is 4.97. The van der Waals surface area contributed by atoms with E-state index in [4.69, 9.17) is 5.26 Å².